The Bertz CT molecular complexity index is 1090. The number of anilines is 1. The Morgan fingerprint density at radius 3 is 2.67 bits per heavy atom. The van der Waals surface area contributed by atoms with E-state index in [1.54, 1.807) is 28.4 Å². The van der Waals surface area contributed by atoms with Crippen LogP contribution in [0.25, 0.3) is 11.3 Å². The number of hydrogen-bond donors (Lipinski definition) is 0. The van der Waals surface area contributed by atoms with Crippen LogP contribution in [0.3, 0.4) is 0 Å². The predicted molar refractivity (Wildman–Crippen MR) is 116 cm³/mol. The van der Waals surface area contributed by atoms with E-state index in [2.05, 4.69) is 4.98 Å². The second-order valence-electron chi connectivity index (χ2n) is 7.35. The summed E-state index contributed by atoms with van der Waals surface area (Å²) in [6.45, 7) is 5.98. The summed E-state index contributed by atoms with van der Waals surface area (Å²) < 4.78 is 10.8. The van der Waals surface area contributed by atoms with Crippen LogP contribution in [0.1, 0.15) is 34.8 Å². The molecule has 4 rings (SSSR count). The van der Waals surface area contributed by atoms with Gasteiger partial charge >= 0.3 is 5.97 Å². The van der Waals surface area contributed by atoms with Crippen LogP contribution in [-0.4, -0.2) is 29.6 Å². The van der Waals surface area contributed by atoms with E-state index in [9.17, 15) is 9.59 Å². The number of fused-ring (bicyclic) bond motifs is 1. The molecule has 0 radical (unpaired) electrons. The van der Waals surface area contributed by atoms with E-state index in [-0.39, 0.29) is 24.6 Å². The molecule has 0 saturated heterocycles. The minimum absolute atomic E-state index is 0.000946. The van der Waals surface area contributed by atoms with Gasteiger partial charge in [-0.1, -0.05) is 12.1 Å². The fourth-order valence-corrected chi connectivity index (χ4v) is 3.86. The Hall–Kier alpha value is -3.19. The summed E-state index contributed by atoms with van der Waals surface area (Å²) in [4.78, 5) is 30.9. The zero-order chi connectivity index (χ0) is 21.3. The maximum Gasteiger partial charge on any atom is 0.338 e. The maximum absolute atomic E-state index is 12.6. The quantitative estimate of drug-likeness (QED) is 0.562. The van der Waals surface area contributed by atoms with Gasteiger partial charge in [-0.3, -0.25) is 4.79 Å². The third-order valence-corrected chi connectivity index (χ3v) is 5.46. The molecule has 0 spiro atoms. The summed E-state index contributed by atoms with van der Waals surface area (Å²) in [5, 5.41) is 2.99. The van der Waals surface area contributed by atoms with Gasteiger partial charge in [-0.05, 0) is 56.7 Å². The number of aromatic nitrogens is 1. The number of amides is 1. The van der Waals surface area contributed by atoms with Gasteiger partial charge < -0.3 is 14.4 Å². The SMILES string of the molecule is Cc1nc(-c2ccc3c(c2)N(Cc2ccc(C(=O)OC(C)C)cc2)C(=O)CO3)cs1. The zero-order valence-corrected chi connectivity index (χ0v) is 17.9. The third-order valence-electron chi connectivity index (χ3n) is 4.69. The molecule has 0 fully saturated rings. The topological polar surface area (TPSA) is 68.7 Å². The van der Waals surface area contributed by atoms with Gasteiger partial charge in [-0.2, -0.15) is 0 Å². The molecule has 2 aromatic carbocycles. The van der Waals surface area contributed by atoms with Gasteiger partial charge in [0.15, 0.2) is 6.61 Å². The van der Waals surface area contributed by atoms with Gasteiger partial charge in [-0.25, -0.2) is 9.78 Å². The largest absolute Gasteiger partial charge is 0.482 e. The molecule has 0 N–H and O–H groups in total. The molecule has 0 bridgehead atoms. The van der Waals surface area contributed by atoms with Crippen LogP contribution in [0.5, 0.6) is 5.75 Å². The van der Waals surface area contributed by atoms with E-state index in [4.69, 9.17) is 9.47 Å². The van der Waals surface area contributed by atoms with E-state index < -0.39 is 0 Å². The lowest BCUT2D eigenvalue weighted by atomic mass is 10.1. The number of rotatable bonds is 5. The highest BCUT2D eigenvalue weighted by Gasteiger charge is 2.26. The number of hydrogen-bond acceptors (Lipinski definition) is 6. The maximum atomic E-state index is 12.6. The lowest BCUT2D eigenvalue weighted by molar-refractivity contribution is -0.121. The summed E-state index contributed by atoms with van der Waals surface area (Å²) in [6.07, 6.45) is -0.171. The van der Waals surface area contributed by atoms with Gasteiger partial charge in [0.25, 0.3) is 5.91 Å². The van der Waals surface area contributed by atoms with Crippen LogP contribution < -0.4 is 9.64 Å². The molecule has 30 heavy (non-hydrogen) atoms. The molecule has 0 atom stereocenters. The van der Waals surface area contributed by atoms with Crippen molar-refractivity contribution in [1.82, 2.24) is 4.98 Å². The van der Waals surface area contributed by atoms with Crippen molar-refractivity contribution in [2.75, 3.05) is 11.5 Å². The number of ether oxygens (including phenoxy) is 2. The van der Waals surface area contributed by atoms with Crippen LogP contribution in [-0.2, 0) is 16.1 Å². The summed E-state index contributed by atoms with van der Waals surface area (Å²) in [5.41, 5.74) is 3.94. The summed E-state index contributed by atoms with van der Waals surface area (Å²) in [6, 6.07) is 12.9. The molecular weight excluding hydrogens is 400 g/mol. The normalized spacial score (nSPS) is 13.2. The molecule has 1 aliphatic rings. The number of esters is 1. The molecular formula is C23H22N2O4S. The van der Waals surface area contributed by atoms with Crippen LogP contribution >= 0.6 is 11.3 Å². The van der Waals surface area contributed by atoms with Gasteiger partial charge in [0, 0.05) is 10.9 Å². The zero-order valence-electron chi connectivity index (χ0n) is 17.0. The Morgan fingerprint density at radius 1 is 1.23 bits per heavy atom. The van der Waals surface area contributed by atoms with Crippen molar-refractivity contribution >= 4 is 28.9 Å². The van der Waals surface area contributed by atoms with Crippen LogP contribution in [0, 0.1) is 6.92 Å². The lowest BCUT2D eigenvalue weighted by Crippen LogP contribution is -2.38. The van der Waals surface area contributed by atoms with Crippen molar-refractivity contribution in [3.63, 3.8) is 0 Å². The van der Waals surface area contributed by atoms with Crippen LogP contribution in [0.4, 0.5) is 5.69 Å². The number of benzene rings is 2. The highest BCUT2D eigenvalue weighted by molar-refractivity contribution is 7.09. The van der Waals surface area contributed by atoms with Gasteiger partial charge in [0.05, 0.1) is 34.6 Å². The molecule has 1 aliphatic heterocycles. The molecule has 1 amide bonds. The molecule has 1 aromatic heterocycles. The third kappa shape index (κ3) is 4.21. The van der Waals surface area contributed by atoms with E-state index in [1.165, 1.54) is 0 Å². The monoisotopic (exact) mass is 422 g/mol. The molecule has 154 valence electrons. The number of carbonyl (C=O) groups excluding carboxylic acids is 2. The second kappa shape index (κ2) is 8.28. The molecule has 0 unspecified atom stereocenters. The average Bonchev–Trinajstić information content (AvgIpc) is 3.16. The van der Waals surface area contributed by atoms with Gasteiger partial charge in [0.1, 0.15) is 5.75 Å². The van der Waals surface area contributed by atoms with Crippen LogP contribution in [0.2, 0.25) is 0 Å². The van der Waals surface area contributed by atoms with E-state index >= 15 is 0 Å². The molecule has 0 saturated carbocycles. The summed E-state index contributed by atoms with van der Waals surface area (Å²) >= 11 is 1.59. The smallest absolute Gasteiger partial charge is 0.338 e. The van der Waals surface area contributed by atoms with Crippen molar-refractivity contribution in [3.8, 4) is 17.0 Å². The van der Waals surface area contributed by atoms with Crippen molar-refractivity contribution in [2.24, 2.45) is 0 Å². The fraction of sp³-hybridized carbons (Fsp3) is 0.261. The molecule has 7 heteroatoms. The fourth-order valence-electron chi connectivity index (χ4n) is 3.24. The lowest BCUT2D eigenvalue weighted by Gasteiger charge is -2.30. The Balaban J connectivity index is 1.59. The van der Waals surface area contributed by atoms with E-state index in [1.807, 2.05) is 56.5 Å². The van der Waals surface area contributed by atoms with E-state index in [0.29, 0.717) is 17.9 Å². The minimum Gasteiger partial charge on any atom is -0.482 e. The summed E-state index contributed by atoms with van der Waals surface area (Å²) in [5.74, 6) is 0.201. The van der Waals surface area contributed by atoms with Crippen molar-refractivity contribution in [2.45, 2.75) is 33.4 Å². The molecule has 2 heterocycles. The standard InChI is InChI=1S/C23H22N2O4S/c1-14(2)29-23(27)17-6-4-16(5-7-17)11-25-20-10-18(19-13-30-15(3)24-19)8-9-21(20)28-12-22(25)26/h4-10,13-14H,11-12H2,1-3H3. The van der Waals surface area contributed by atoms with Crippen molar-refractivity contribution < 1.29 is 19.1 Å². The van der Waals surface area contributed by atoms with Gasteiger partial charge in [-0.15, -0.1) is 11.3 Å². The van der Waals surface area contributed by atoms with Crippen molar-refractivity contribution in [3.05, 3.63) is 64.0 Å². The second-order valence-corrected chi connectivity index (χ2v) is 8.42. The van der Waals surface area contributed by atoms with Crippen LogP contribution in [0.15, 0.2) is 47.8 Å². The number of aryl methyl sites for hydroxylation is 1. The molecule has 6 nitrogen and oxygen atoms in total. The average molecular weight is 423 g/mol. The predicted octanol–water partition coefficient (Wildman–Crippen LogP) is 4.61. The molecule has 3 aromatic rings. The number of nitrogens with zero attached hydrogens (tertiary/aromatic N) is 2. The highest BCUT2D eigenvalue weighted by Crippen LogP contribution is 2.37. The summed E-state index contributed by atoms with van der Waals surface area (Å²) in [7, 11) is 0. The highest BCUT2D eigenvalue weighted by atomic mass is 32.1. The first kappa shape index (κ1) is 20.1. The molecule has 0 aliphatic carbocycles. The number of carbonyl (C=O) groups is 2. The minimum atomic E-state index is -0.354. The van der Waals surface area contributed by atoms with Gasteiger partial charge in [0.2, 0.25) is 0 Å². The Labute approximate surface area is 179 Å². The first-order valence-electron chi connectivity index (χ1n) is 9.70. The Kier molecular flexibility index (Phi) is 5.55. The Morgan fingerprint density at radius 2 is 2.00 bits per heavy atom. The van der Waals surface area contributed by atoms with Crippen molar-refractivity contribution in [1.29, 1.82) is 0 Å². The number of thiazole rings is 1. The first-order valence-corrected chi connectivity index (χ1v) is 10.6. The first-order chi connectivity index (χ1) is 14.4. The van der Waals surface area contributed by atoms with E-state index in [0.717, 1.165) is 27.5 Å².